The smallest absolute Gasteiger partial charge is 0.0218 e. The fourth-order valence-electron chi connectivity index (χ4n) is 0.923. The number of hydrogen-bond donors (Lipinski definition) is 0. The highest BCUT2D eigenvalue weighted by molar-refractivity contribution is 8.78. The van der Waals surface area contributed by atoms with Crippen molar-refractivity contribution in [3.63, 3.8) is 0 Å². The van der Waals surface area contributed by atoms with Gasteiger partial charge in [0.1, 0.15) is 0 Å². The summed E-state index contributed by atoms with van der Waals surface area (Å²) in [6, 6.07) is 0. The van der Waals surface area contributed by atoms with E-state index in [2.05, 4.69) is 36.8 Å². The lowest BCUT2D eigenvalue weighted by molar-refractivity contribution is 0.815. The van der Waals surface area contributed by atoms with Crippen LogP contribution in [0.25, 0.3) is 0 Å². The van der Waals surface area contributed by atoms with Crippen LogP contribution in [-0.2, 0) is 0 Å². The molecule has 14 heavy (non-hydrogen) atoms. The molecule has 0 aromatic heterocycles. The summed E-state index contributed by atoms with van der Waals surface area (Å²) in [6.07, 6.45) is 12.2. The largest absolute Gasteiger partial charge is 0.0773 e. The van der Waals surface area contributed by atoms with E-state index in [1.807, 2.05) is 21.6 Å². The lowest BCUT2D eigenvalue weighted by Crippen LogP contribution is -1.64. The summed E-state index contributed by atoms with van der Waals surface area (Å²) < 4.78 is 0. The Morgan fingerprint density at radius 2 is 1.21 bits per heavy atom. The van der Waals surface area contributed by atoms with E-state index in [-0.39, 0.29) is 0 Å². The molecule has 0 aliphatic carbocycles. The predicted molar refractivity (Wildman–Crippen MR) is 72.5 cm³/mol. The molecule has 0 rings (SSSR count). The van der Waals surface area contributed by atoms with Gasteiger partial charge in [0, 0.05) is 0 Å². The molecule has 0 radical (unpaired) electrons. The molecule has 2 heteroatoms. The maximum absolute atomic E-state index is 2.26. The van der Waals surface area contributed by atoms with Crippen LogP contribution in [0.1, 0.15) is 52.4 Å². The van der Waals surface area contributed by atoms with Gasteiger partial charge < -0.3 is 0 Å². The Balaban J connectivity index is 3.11. The van der Waals surface area contributed by atoms with E-state index in [9.17, 15) is 0 Å². The molecule has 0 spiro atoms. The third kappa shape index (κ3) is 12.2. The van der Waals surface area contributed by atoms with Gasteiger partial charge in [0.05, 0.1) is 0 Å². The van der Waals surface area contributed by atoms with Gasteiger partial charge in [-0.2, -0.15) is 0 Å². The molecule has 0 amide bonds. The molecule has 0 heterocycles. The Bertz CT molecular complexity index is 132. The summed E-state index contributed by atoms with van der Waals surface area (Å²) in [5.74, 6) is 0. The van der Waals surface area contributed by atoms with E-state index in [1.54, 1.807) is 0 Å². The maximum atomic E-state index is 2.26. The standard InChI is InChI=1S/C12H22S2/c1-3-5-7-9-11-13-14-12-10-8-6-4-2/h9-12H,3-8H2,1-2H3/b11-9+,12-10+. The molecule has 0 fully saturated rings. The van der Waals surface area contributed by atoms with Crippen molar-refractivity contribution < 1.29 is 0 Å². The zero-order valence-corrected chi connectivity index (χ0v) is 11.0. The summed E-state index contributed by atoms with van der Waals surface area (Å²) in [5.41, 5.74) is 0. The van der Waals surface area contributed by atoms with Crippen LogP contribution in [0, 0.1) is 0 Å². The zero-order valence-electron chi connectivity index (χ0n) is 9.37. The Morgan fingerprint density at radius 3 is 1.57 bits per heavy atom. The lowest BCUT2D eigenvalue weighted by atomic mass is 10.2. The van der Waals surface area contributed by atoms with E-state index in [1.165, 1.54) is 38.5 Å². The first-order valence-corrected chi connectivity index (χ1v) is 7.81. The average Bonchev–Trinajstić information content (AvgIpc) is 2.21. The number of hydrogen-bond acceptors (Lipinski definition) is 2. The van der Waals surface area contributed by atoms with Gasteiger partial charge in [-0.1, -0.05) is 73.3 Å². The molecule has 82 valence electrons. The zero-order chi connectivity index (χ0) is 10.5. The Hall–Kier alpha value is 0.180. The molecule has 0 aromatic rings. The summed E-state index contributed by atoms with van der Waals surface area (Å²) >= 11 is 0. The summed E-state index contributed by atoms with van der Waals surface area (Å²) in [5, 5.41) is 4.40. The minimum absolute atomic E-state index is 1.23. The first-order valence-electron chi connectivity index (χ1n) is 5.54. The first kappa shape index (κ1) is 14.2. The fraction of sp³-hybridized carbons (Fsp3) is 0.667. The summed E-state index contributed by atoms with van der Waals surface area (Å²) in [4.78, 5) is 0. The minimum atomic E-state index is 1.23. The Labute approximate surface area is 97.0 Å². The average molecular weight is 230 g/mol. The molecule has 0 bridgehead atoms. The predicted octanol–water partition coefficient (Wildman–Crippen LogP) is 5.78. The van der Waals surface area contributed by atoms with Gasteiger partial charge in [-0.25, -0.2) is 0 Å². The molecule has 0 aliphatic rings. The van der Waals surface area contributed by atoms with E-state index in [0.29, 0.717) is 0 Å². The molecule has 0 aromatic carbocycles. The number of unbranched alkanes of at least 4 members (excludes halogenated alkanes) is 4. The van der Waals surface area contributed by atoms with Gasteiger partial charge in [0.2, 0.25) is 0 Å². The molecule has 0 saturated heterocycles. The van der Waals surface area contributed by atoms with E-state index in [0.717, 1.165) is 0 Å². The van der Waals surface area contributed by atoms with E-state index in [4.69, 9.17) is 0 Å². The van der Waals surface area contributed by atoms with Crippen LogP contribution in [0.15, 0.2) is 23.0 Å². The second kappa shape index (κ2) is 13.2. The molecule has 0 nitrogen and oxygen atoms in total. The van der Waals surface area contributed by atoms with E-state index < -0.39 is 0 Å². The Morgan fingerprint density at radius 1 is 0.786 bits per heavy atom. The quantitative estimate of drug-likeness (QED) is 0.364. The van der Waals surface area contributed by atoms with E-state index >= 15 is 0 Å². The monoisotopic (exact) mass is 230 g/mol. The van der Waals surface area contributed by atoms with Crippen molar-refractivity contribution in [2.24, 2.45) is 0 Å². The molecule has 0 aliphatic heterocycles. The van der Waals surface area contributed by atoms with Gasteiger partial charge in [-0.05, 0) is 23.7 Å². The highest BCUT2D eigenvalue weighted by Gasteiger charge is 1.81. The Kier molecular flexibility index (Phi) is 13.3. The van der Waals surface area contributed by atoms with Crippen LogP contribution in [0.3, 0.4) is 0 Å². The van der Waals surface area contributed by atoms with Crippen LogP contribution < -0.4 is 0 Å². The highest BCUT2D eigenvalue weighted by atomic mass is 33.1. The molecular weight excluding hydrogens is 208 g/mol. The van der Waals surface area contributed by atoms with Crippen molar-refractivity contribution in [2.45, 2.75) is 52.4 Å². The maximum Gasteiger partial charge on any atom is -0.0218 e. The fourth-order valence-corrected chi connectivity index (χ4v) is 2.34. The highest BCUT2D eigenvalue weighted by Crippen LogP contribution is 2.24. The first-order chi connectivity index (χ1) is 6.91. The van der Waals surface area contributed by atoms with Crippen molar-refractivity contribution >= 4 is 21.6 Å². The van der Waals surface area contributed by atoms with Crippen molar-refractivity contribution in [3.8, 4) is 0 Å². The van der Waals surface area contributed by atoms with Crippen LogP contribution in [0.5, 0.6) is 0 Å². The molecule has 0 saturated carbocycles. The lowest BCUT2D eigenvalue weighted by Gasteiger charge is -1.89. The topological polar surface area (TPSA) is 0 Å². The van der Waals surface area contributed by atoms with Gasteiger partial charge in [-0.15, -0.1) is 0 Å². The van der Waals surface area contributed by atoms with Gasteiger partial charge in [-0.3, -0.25) is 0 Å². The second-order valence-electron chi connectivity index (χ2n) is 3.22. The van der Waals surface area contributed by atoms with Gasteiger partial charge in [0.15, 0.2) is 0 Å². The molecular formula is C12H22S2. The molecule has 0 N–H and O–H groups in total. The summed E-state index contributed by atoms with van der Waals surface area (Å²) in [7, 11) is 3.62. The van der Waals surface area contributed by atoms with Crippen molar-refractivity contribution in [2.75, 3.05) is 0 Å². The van der Waals surface area contributed by atoms with Crippen molar-refractivity contribution in [3.05, 3.63) is 23.0 Å². The number of allylic oxidation sites excluding steroid dienone is 2. The molecule has 0 unspecified atom stereocenters. The van der Waals surface area contributed by atoms with Crippen molar-refractivity contribution in [1.82, 2.24) is 0 Å². The van der Waals surface area contributed by atoms with Crippen molar-refractivity contribution in [1.29, 1.82) is 0 Å². The van der Waals surface area contributed by atoms with Crippen LogP contribution >= 0.6 is 21.6 Å². The van der Waals surface area contributed by atoms with Crippen LogP contribution in [0.4, 0.5) is 0 Å². The third-order valence-electron chi connectivity index (χ3n) is 1.81. The SMILES string of the molecule is CCCC/C=C/SS/C=C/CCCC. The summed E-state index contributed by atoms with van der Waals surface area (Å²) in [6.45, 7) is 4.46. The second-order valence-corrected chi connectivity index (χ2v) is 5.30. The van der Waals surface area contributed by atoms with Gasteiger partial charge in [0.25, 0.3) is 0 Å². The minimum Gasteiger partial charge on any atom is -0.0773 e. The van der Waals surface area contributed by atoms with Crippen LogP contribution in [-0.4, -0.2) is 0 Å². The normalized spacial score (nSPS) is 11.9. The van der Waals surface area contributed by atoms with Gasteiger partial charge >= 0.3 is 0 Å². The number of rotatable bonds is 9. The van der Waals surface area contributed by atoms with Crippen LogP contribution in [0.2, 0.25) is 0 Å². The third-order valence-corrected chi connectivity index (χ3v) is 3.53. The molecule has 0 atom stereocenters.